The summed E-state index contributed by atoms with van der Waals surface area (Å²) in [5, 5.41) is 2.58. The molecule has 1 amide bonds. The van der Waals surface area contributed by atoms with Gasteiger partial charge in [0.15, 0.2) is 5.78 Å². The Bertz CT molecular complexity index is 545. The topological polar surface area (TPSA) is 72.2 Å². The van der Waals surface area contributed by atoms with Gasteiger partial charge in [0.1, 0.15) is 11.9 Å². The molecule has 0 spiro atoms. The number of nitrogen functional groups attached to an aromatic ring is 1. The lowest BCUT2D eigenvalue weighted by molar-refractivity contribution is -0.119. The summed E-state index contributed by atoms with van der Waals surface area (Å²) in [6.07, 6.45) is 0. The zero-order chi connectivity index (χ0) is 13.4. The number of nitrogens with one attached hydrogen (secondary N) is 1. The van der Waals surface area contributed by atoms with Crippen LogP contribution in [-0.4, -0.2) is 23.5 Å². The number of carbonyl (C=O) groups excluding carboxylic acids is 2. The molecule has 18 heavy (non-hydrogen) atoms. The van der Waals surface area contributed by atoms with Crippen LogP contribution in [0, 0.1) is 12.7 Å². The third-order valence-corrected chi connectivity index (χ3v) is 4.13. The van der Waals surface area contributed by atoms with Gasteiger partial charge in [0, 0.05) is 23.3 Å². The van der Waals surface area contributed by atoms with E-state index in [1.165, 1.54) is 18.7 Å². The van der Waals surface area contributed by atoms with Crippen molar-refractivity contribution in [3.63, 3.8) is 0 Å². The summed E-state index contributed by atoms with van der Waals surface area (Å²) in [5.74, 6) is -0.534. The second-order valence-corrected chi connectivity index (χ2v) is 5.24. The van der Waals surface area contributed by atoms with Gasteiger partial charge in [-0.25, -0.2) is 4.39 Å². The molecule has 0 saturated carbocycles. The standard InChI is InChI=1S/C12H13FN2O2S/c1-5-7(13)3-8(14)10-11(17)9(15-6(2)16)4-18-12(5)10/h3,9H,4,14H2,1-2H3,(H,15,16). The molecule has 1 aromatic rings. The highest BCUT2D eigenvalue weighted by Gasteiger charge is 2.32. The number of carbonyl (C=O) groups is 2. The van der Waals surface area contributed by atoms with E-state index in [-0.39, 0.29) is 17.4 Å². The first kappa shape index (κ1) is 12.9. The van der Waals surface area contributed by atoms with Crippen molar-refractivity contribution >= 4 is 29.1 Å². The Balaban J connectivity index is 2.47. The zero-order valence-electron chi connectivity index (χ0n) is 10.0. The molecule has 0 fully saturated rings. The summed E-state index contributed by atoms with van der Waals surface area (Å²) in [7, 11) is 0. The minimum absolute atomic E-state index is 0.126. The van der Waals surface area contributed by atoms with Crippen LogP contribution in [0.1, 0.15) is 22.8 Å². The summed E-state index contributed by atoms with van der Waals surface area (Å²) in [6.45, 7) is 2.97. The summed E-state index contributed by atoms with van der Waals surface area (Å²) < 4.78 is 13.5. The average Bonchev–Trinajstić information content (AvgIpc) is 2.28. The number of fused-ring (bicyclic) bond motifs is 1. The van der Waals surface area contributed by atoms with Crippen LogP contribution in [0.3, 0.4) is 0 Å². The van der Waals surface area contributed by atoms with Crippen molar-refractivity contribution in [1.82, 2.24) is 5.32 Å². The molecule has 1 aromatic carbocycles. The Kier molecular flexibility index (Phi) is 3.30. The van der Waals surface area contributed by atoms with Crippen LogP contribution in [0.15, 0.2) is 11.0 Å². The number of hydrogen-bond donors (Lipinski definition) is 2. The number of nitrogens with two attached hydrogens (primary N) is 1. The number of halogens is 1. The quantitative estimate of drug-likeness (QED) is 0.757. The van der Waals surface area contributed by atoms with E-state index in [0.717, 1.165) is 6.07 Å². The molecular weight excluding hydrogens is 255 g/mol. The van der Waals surface area contributed by atoms with Gasteiger partial charge in [0.05, 0.1) is 5.56 Å². The monoisotopic (exact) mass is 268 g/mol. The van der Waals surface area contributed by atoms with Gasteiger partial charge >= 0.3 is 0 Å². The second-order valence-electron chi connectivity index (χ2n) is 4.21. The molecule has 1 unspecified atom stereocenters. The van der Waals surface area contributed by atoms with Crippen LogP contribution in [0.25, 0.3) is 0 Å². The van der Waals surface area contributed by atoms with Crippen molar-refractivity contribution in [3.05, 3.63) is 23.0 Å². The molecule has 1 aliphatic heterocycles. The first-order valence-corrected chi connectivity index (χ1v) is 6.43. The lowest BCUT2D eigenvalue weighted by atomic mass is 10.00. The van der Waals surface area contributed by atoms with Gasteiger partial charge in [0.25, 0.3) is 0 Å². The van der Waals surface area contributed by atoms with Crippen LogP contribution in [0.2, 0.25) is 0 Å². The van der Waals surface area contributed by atoms with Crippen LogP contribution in [0.5, 0.6) is 0 Å². The molecular formula is C12H13FN2O2S. The number of benzene rings is 1. The third kappa shape index (κ3) is 2.08. The normalized spacial score (nSPS) is 18.4. The van der Waals surface area contributed by atoms with Crippen molar-refractivity contribution in [3.8, 4) is 0 Å². The first-order chi connectivity index (χ1) is 8.41. The lowest BCUT2D eigenvalue weighted by Gasteiger charge is -2.25. The molecule has 1 heterocycles. The third-order valence-electron chi connectivity index (χ3n) is 2.83. The smallest absolute Gasteiger partial charge is 0.217 e. The van der Waals surface area contributed by atoms with Gasteiger partial charge in [-0.2, -0.15) is 0 Å². The fourth-order valence-corrected chi connectivity index (χ4v) is 3.19. The molecule has 1 atom stereocenters. The number of anilines is 1. The van der Waals surface area contributed by atoms with E-state index >= 15 is 0 Å². The molecule has 4 nitrogen and oxygen atoms in total. The summed E-state index contributed by atoms with van der Waals surface area (Å²) >= 11 is 1.34. The van der Waals surface area contributed by atoms with Crippen molar-refractivity contribution in [2.75, 3.05) is 11.5 Å². The van der Waals surface area contributed by atoms with Crippen LogP contribution in [0.4, 0.5) is 10.1 Å². The van der Waals surface area contributed by atoms with E-state index in [9.17, 15) is 14.0 Å². The Morgan fingerprint density at radius 1 is 1.61 bits per heavy atom. The number of rotatable bonds is 1. The van der Waals surface area contributed by atoms with E-state index in [1.807, 2.05) is 0 Å². The Labute approximate surface area is 108 Å². The fourth-order valence-electron chi connectivity index (χ4n) is 1.95. The van der Waals surface area contributed by atoms with E-state index in [2.05, 4.69) is 5.32 Å². The minimum Gasteiger partial charge on any atom is -0.398 e. The molecule has 0 aromatic heterocycles. The fraction of sp³-hybridized carbons (Fsp3) is 0.333. The molecule has 96 valence electrons. The SMILES string of the molecule is CC(=O)NC1CSc2c(C)c(F)cc(N)c2C1=O. The van der Waals surface area contributed by atoms with Crippen molar-refractivity contribution in [1.29, 1.82) is 0 Å². The zero-order valence-corrected chi connectivity index (χ0v) is 10.9. The van der Waals surface area contributed by atoms with Gasteiger partial charge in [-0.15, -0.1) is 11.8 Å². The predicted octanol–water partition coefficient (Wildman–Crippen LogP) is 1.51. The van der Waals surface area contributed by atoms with Crippen molar-refractivity contribution in [2.45, 2.75) is 24.8 Å². The highest BCUT2D eigenvalue weighted by Crippen LogP contribution is 2.37. The van der Waals surface area contributed by atoms with Crippen molar-refractivity contribution in [2.24, 2.45) is 0 Å². The number of thioether (sulfide) groups is 1. The van der Waals surface area contributed by atoms with Gasteiger partial charge in [-0.1, -0.05) is 0 Å². The lowest BCUT2D eigenvalue weighted by Crippen LogP contribution is -2.43. The van der Waals surface area contributed by atoms with Crippen molar-refractivity contribution < 1.29 is 14.0 Å². The Hall–Kier alpha value is -1.56. The highest BCUT2D eigenvalue weighted by molar-refractivity contribution is 7.99. The summed E-state index contributed by atoms with van der Waals surface area (Å²) in [5.41, 5.74) is 6.59. The Morgan fingerprint density at radius 2 is 2.28 bits per heavy atom. The van der Waals surface area contributed by atoms with E-state index < -0.39 is 11.9 Å². The molecule has 2 rings (SSSR count). The van der Waals surface area contributed by atoms with Gasteiger partial charge in [0.2, 0.25) is 5.91 Å². The maximum atomic E-state index is 13.5. The van der Waals surface area contributed by atoms with Crippen LogP contribution in [-0.2, 0) is 4.79 Å². The van der Waals surface area contributed by atoms with Crippen LogP contribution < -0.4 is 11.1 Å². The average molecular weight is 268 g/mol. The number of hydrogen-bond acceptors (Lipinski definition) is 4. The minimum atomic E-state index is -0.591. The number of ketones is 1. The van der Waals surface area contributed by atoms with E-state index in [0.29, 0.717) is 21.8 Å². The molecule has 1 aliphatic rings. The molecule has 3 N–H and O–H groups in total. The second kappa shape index (κ2) is 4.61. The van der Waals surface area contributed by atoms with E-state index in [4.69, 9.17) is 5.73 Å². The number of Topliss-reactive ketones (excluding diaryl/α,β-unsaturated/α-hetero) is 1. The molecule has 0 saturated heterocycles. The molecule has 0 radical (unpaired) electrons. The Morgan fingerprint density at radius 3 is 2.89 bits per heavy atom. The molecule has 0 bridgehead atoms. The largest absolute Gasteiger partial charge is 0.398 e. The number of amides is 1. The van der Waals surface area contributed by atoms with Gasteiger partial charge < -0.3 is 11.1 Å². The summed E-state index contributed by atoms with van der Waals surface area (Å²) in [4.78, 5) is 23.8. The van der Waals surface area contributed by atoms with Gasteiger partial charge in [-0.3, -0.25) is 9.59 Å². The highest BCUT2D eigenvalue weighted by atomic mass is 32.2. The maximum Gasteiger partial charge on any atom is 0.217 e. The first-order valence-electron chi connectivity index (χ1n) is 5.44. The van der Waals surface area contributed by atoms with Gasteiger partial charge in [-0.05, 0) is 18.6 Å². The van der Waals surface area contributed by atoms with E-state index in [1.54, 1.807) is 6.92 Å². The maximum absolute atomic E-state index is 13.5. The predicted molar refractivity (Wildman–Crippen MR) is 68.2 cm³/mol. The molecule has 0 aliphatic carbocycles. The summed E-state index contributed by atoms with van der Waals surface area (Å²) in [6, 6.07) is 0.565. The van der Waals surface area contributed by atoms with Crippen LogP contribution >= 0.6 is 11.8 Å². The molecule has 6 heteroatoms.